The number of hydrogen-bond acceptors (Lipinski definition) is 2. The molecule has 0 aliphatic carbocycles. The number of carbonyl (C=O) groups is 1. The Kier molecular flexibility index (Phi) is 3.74. The van der Waals surface area contributed by atoms with E-state index >= 15 is 0 Å². The van der Waals surface area contributed by atoms with Gasteiger partial charge in [0.25, 0.3) is 0 Å². The van der Waals surface area contributed by atoms with Crippen LogP contribution in [0.15, 0.2) is 42.5 Å². The molecule has 0 unspecified atom stereocenters. The molecule has 0 aliphatic rings. The van der Waals surface area contributed by atoms with Gasteiger partial charge in [-0.3, -0.25) is 4.79 Å². The van der Waals surface area contributed by atoms with E-state index in [2.05, 4.69) is 0 Å². The van der Waals surface area contributed by atoms with Crippen LogP contribution in [0.25, 0.3) is 0 Å². The monoisotopic (exact) mass is 284 g/mol. The van der Waals surface area contributed by atoms with Gasteiger partial charge in [0.15, 0.2) is 17.9 Å². The Morgan fingerprint density at radius 3 is 2.35 bits per heavy atom. The molecule has 2 aromatic rings. The second-order valence-corrected chi connectivity index (χ2v) is 3.87. The number of alkyl halides is 3. The molecule has 0 spiro atoms. The lowest BCUT2D eigenvalue weighted by Gasteiger charge is -2.14. The highest BCUT2D eigenvalue weighted by Crippen LogP contribution is 2.38. The van der Waals surface area contributed by atoms with Crippen molar-refractivity contribution in [1.29, 1.82) is 0 Å². The van der Waals surface area contributed by atoms with Gasteiger partial charge in [-0.05, 0) is 24.3 Å². The van der Waals surface area contributed by atoms with E-state index in [4.69, 9.17) is 4.74 Å². The first-order valence-electron chi connectivity index (χ1n) is 5.51. The highest BCUT2D eigenvalue weighted by molar-refractivity contribution is 5.79. The quantitative estimate of drug-likeness (QED) is 0.615. The Hall–Kier alpha value is -2.37. The molecule has 0 heterocycles. The summed E-state index contributed by atoms with van der Waals surface area (Å²) in [4.78, 5) is 10.8. The van der Waals surface area contributed by atoms with Crippen LogP contribution in [0.4, 0.5) is 17.6 Å². The summed E-state index contributed by atoms with van der Waals surface area (Å²) in [6, 6.07) is 7.91. The molecular weight excluding hydrogens is 276 g/mol. The molecule has 0 atom stereocenters. The second-order valence-electron chi connectivity index (χ2n) is 3.87. The Morgan fingerprint density at radius 2 is 1.70 bits per heavy atom. The Labute approximate surface area is 111 Å². The van der Waals surface area contributed by atoms with Gasteiger partial charge in [0, 0.05) is 0 Å². The van der Waals surface area contributed by atoms with Crippen LogP contribution in [0.1, 0.15) is 15.9 Å². The van der Waals surface area contributed by atoms with E-state index in [0.717, 1.165) is 18.2 Å². The Bertz CT molecular complexity index is 635. The molecule has 0 amide bonds. The van der Waals surface area contributed by atoms with Gasteiger partial charge in [0.1, 0.15) is 5.75 Å². The second kappa shape index (κ2) is 5.32. The van der Waals surface area contributed by atoms with Crippen molar-refractivity contribution in [2.24, 2.45) is 0 Å². The maximum absolute atomic E-state index is 13.6. The van der Waals surface area contributed by atoms with Crippen molar-refractivity contribution in [2.75, 3.05) is 0 Å². The van der Waals surface area contributed by atoms with Gasteiger partial charge in [-0.1, -0.05) is 18.2 Å². The van der Waals surface area contributed by atoms with E-state index in [9.17, 15) is 22.4 Å². The molecule has 6 heteroatoms. The number of hydrogen-bond donors (Lipinski definition) is 0. The largest absolute Gasteiger partial charge is 0.453 e. The van der Waals surface area contributed by atoms with Crippen molar-refractivity contribution in [3.8, 4) is 11.5 Å². The third-order valence-electron chi connectivity index (χ3n) is 2.53. The summed E-state index contributed by atoms with van der Waals surface area (Å²) in [5.41, 5.74) is -1.21. The number of para-hydroxylation sites is 2. The lowest BCUT2D eigenvalue weighted by Crippen LogP contribution is -2.07. The van der Waals surface area contributed by atoms with E-state index in [0.29, 0.717) is 6.29 Å². The van der Waals surface area contributed by atoms with E-state index < -0.39 is 29.1 Å². The fourth-order valence-corrected chi connectivity index (χ4v) is 1.63. The standard InChI is InChI=1S/C14H8F4O2/c15-11-6-3-4-9(8-19)13(11)20-12-7-2-1-5-10(12)14(16,17)18/h1-8H. The number of aldehydes is 1. The molecular formula is C14H8F4O2. The Balaban J connectivity index is 2.49. The van der Waals surface area contributed by atoms with Crippen molar-refractivity contribution in [3.63, 3.8) is 0 Å². The molecule has 0 saturated carbocycles. The summed E-state index contributed by atoms with van der Waals surface area (Å²) in [7, 11) is 0. The summed E-state index contributed by atoms with van der Waals surface area (Å²) < 4.78 is 56.9. The zero-order valence-electron chi connectivity index (χ0n) is 9.95. The predicted octanol–water partition coefficient (Wildman–Crippen LogP) is 4.45. The maximum Gasteiger partial charge on any atom is 0.419 e. The average molecular weight is 284 g/mol. The van der Waals surface area contributed by atoms with Crippen LogP contribution in [0.5, 0.6) is 11.5 Å². The number of rotatable bonds is 3. The highest BCUT2D eigenvalue weighted by atomic mass is 19.4. The molecule has 2 rings (SSSR count). The van der Waals surface area contributed by atoms with E-state index in [-0.39, 0.29) is 5.56 Å². The minimum atomic E-state index is -4.64. The molecule has 0 saturated heterocycles. The van der Waals surface area contributed by atoms with Crippen LogP contribution in [-0.4, -0.2) is 6.29 Å². The van der Waals surface area contributed by atoms with Gasteiger partial charge in [-0.15, -0.1) is 0 Å². The van der Waals surface area contributed by atoms with E-state index in [1.54, 1.807) is 0 Å². The van der Waals surface area contributed by atoms with Gasteiger partial charge in [-0.2, -0.15) is 13.2 Å². The van der Waals surface area contributed by atoms with Gasteiger partial charge in [-0.25, -0.2) is 4.39 Å². The molecule has 2 aromatic carbocycles. The maximum atomic E-state index is 13.6. The van der Waals surface area contributed by atoms with Gasteiger partial charge in [0.05, 0.1) is 11.1 Å². The SMILES string of the molecule is O=Cc1cccc(F)c1Oc1ccccc1C(F)(F)F. The van der Waals surface area contributed by atoms with Crippen molar-refractivity contribution in [1.82, 2.24) is 0 Å². The fraction of sp³-hybridized carbons (Fsp3) is 0.0714. The molecule has 2 nitrogen and oxygen atoms in total. The zero-order chi connectivity index (χ0) is 14.8. The average Bonchev–Trinajstić information content (AvgIpc) is 2.40. The van der Waals surface area contributed by atoms with Gasteiger partial charge < -0.3 is 4.74 Å². The first-order chi connectivity index (χ1) is 9.43. The molecule has 104 valence electrons. The molecule has 0 bridgehead atoms. The lowest BCUT2D eigenvalue weighted by atomic mass is 10.2. The van der Waals surface area contributed by atoms with Crippen molar-refractivity contribution in [2.45, 2.75) is 6.18 Å². The molecule has 0 aromatic heterocycles. The third-order valence-corrected chi connectivity index (χ3v) is 2.53. The van der Waals surface area contributed by atoms with Gasteiger partial charge in [0.2, 0.25) is 0 Å². The molecule has 0 fully saturated rings. The number of benzene rings is 2. The van der Waals surface area contributed by atoms with Crippen LogP contribution < -0.4 is 4.74 Å². The van der Waals surface area contributed by atoms with Crippen molar-refractivity contribution >= 4 is 6.29 Å². The minimum Gasteiger partial charge on any atom is -0.453 e. The Morgan fingerprint density at radius 1 is 1.00 bits per heavy atom. The molecule has 0 radical (unpaired) electrons. The van der Waals surface area contributed by atoms with Crippen LogP contribution >= 0.6 is 0 Å². The molecule has 0 aliphatic heterocycles. The fourth-order valence-electron chi connectivity index (χ4n) is 1.63. The number of halogens is 4. The summed E-state index contributed by atoms with van der Waals surface area (Å²) in [6.07, 6.45) is -4.32. The number of ether oxygens (including phenoxy) is 1. The molecule has 20 heavy (non-hydrogen) atoms. The minimum absolute atomic E-state index is 0.165. The van der Waals surface area contributed by atoms with Gasteiger partial charge >= 0.3 is 6.18 Å². The van der Waals surface area contributed by atoms with Crippen LogP contribution in [0.3, 0.4) is 0 Å². The van der Waals surface area contributed by atoms with Crippen LogP contribution in [0.2, 0.25) is 0 Å². The smallest absolute Gasteiger partial charge is 0.419 e. The topological polar surface area (TPSA) is 26.3 Å². The third kappa shape index (κ3) is 2.79. The first-order valence-corrected chi connectivity index (χ1v) is 5.51. The lowest BCUT2D eigenvalue weighted by molar-refractivity contribution is -0.138. The van der Waals surface area contributed by atoms with E-state index in [1.807, 2.05) is 0 Å². The number of carbonyl (C=O) groups excluding carboxylic acids is 1. The first kappa shape index (κ1) is 14.0. The summed E-state index contributed by atoms with van der Waals surface area (Å²) in [5.74, 6) is -2.00. The van der Waals surface area contributed by atoms with Crippen LogP contribution in [0, 0.1) is 5.82 Å². The van der Waals surface area contributed by atoms with E-state index in [1.165, 1.54) is 24.3 Å². The van der Waals surface area contributed by atoms with Crippen molar-refractivity contribution < 1.29 is 27.1 Å². The summed E-state index contributed by atoms with van der Waals surface area (Å²) in [5, 5.41) is 0. The van der Waals surface area contributed by atoms with Crippen LogP contribution in [-0.2, 0) is 6.18 Å². The zero-order valence-corrected chi connectivity index (χ0v) is 9.95. The highest BCUT2D eigenvalue weighted by Gasteiger charge is 2.34. The predicted molar refractivity (Wildman–Crippen MR) is 63.3 cm³/mol. The normalized spacial score (nSPS) is 11.2. The summed E-state index contributed by atoms with van der Waals surface area (Å²) in [6.45, 7) is 0. The van der Waals surface area contributed by atoms with Crippen molar-refractivity contribution in [3.05, 3.63) is 59.4 Å². The summed E-state index contributed by atoms with van der Waals surface area (Å²) >= 11 is 0. The molecule has 0 N–H and O–H groups in total.